The standard InChI is InChI=1S/C13H12N2.C2H6/c1-2-4-13-10(3-1)5-6-11(13)7-12-8-14-9-15-12;1-2/h1-4,7-9H,5-6H2,(H,14,15);1-2H3. The number of benzene rings is 1. The molecular weight excluding hydrogens is 208 g/mol. The zero-order valence-electron chi connectivity index (χ0n) is 10.4. The van der Waals surface area contributed by atoms with Crippen LogP contribution in [0.2, 0.25) is 0 Å². The van der Waals surface area contributed by atoms with Crippen LogP contribution in [0, 0.1) is 0 Å². The van der Waals surface area contributed by atoms with Crippen LogP contribution >= 0.6 is 0 Å². The van der Waals surface area contributed by atoms with Crippen molar-refractivity contribution in [3.05, 3.63) is 53.6 Å². The number of hydrogen-bond donors (Lipinski definition) is 1. The van der Waals surface area contributed by atoms with E-state index in [2.05, 4.69) is 40.3 Å². The van der Waals surface area contributed by atoms with E-state index in [1.165, 1.54) is 16.7 Å². The Morgan fingerprint density at radius 1 is 1.18 bits per heavy atom. The number of aromatic nitrogens is 2. The lowest BCUT2D eigenvalue weighted by molar-refractivity contribution is 1.08. The molecule has 17 heavy (non-hydrogen) atoms. The number of imidazole rings is 1. The molecule has 1 aromatic heterocycles. The molecule has 1 aliphatic carbocycles. The normalized spacial score (nSPS) is 15.3. The van der Waals surface area contributed by atoms with Gasteiger partial charge in [0, 0.05) is 0 Å². The lowest BCUT2D eigenvalue weighted by atomic mass is 10.1. The minimum Gasteiger partial charge on any atom is -0.345 e. The van der Waals surface area contributed by atoms with Crippen molar-refractivity contribution in [3.63, 3.8) is 0 Å². The Hall–Kier alpha value is -1.83. The Kier molecular flexibility index (Phi) is 3.76. The molecule has 0 aliphatic heterocycles. The number of nitrogens with one attached hydrogen (secondary N) is 1. The molecule has 3 rings (SSSR count). The summed E-state index contributed by atoms with van der Waals surface area (Å²) in [6.45, 7) is 4.00. The molecule has 1 N–H and O–H groups in total. The largest absolute Gasteiger partial charge is 0.345 e. The van der Waals surface area contributed by atoms with Gasteiger partial charge in [0.25, 0.3) is 0 Å². The highest BCUT2D eigenvalue weighted by Gasteiger charge is 2.14. The number of nitrogens with zero attached hydrogens (tertiary/aromatic N) is 1. The Morgan fingerprint density at radius 2 is 2.00 bits per heavy atom. The van der Waals surface area contributed by atoms with Crippen LogP contribution in [0.4, 0.5) is 0 Å². The maximum absolute atomic E-state index is 4.02. The summed E-state index contributed by atoms with van der Waals surface area (Å²) < 4.78 is 0. The molecule has 0 bridgehead atoms. The minimum atomic E-state index is 1.08. The molecule has 0 unspecified atom stereocenters. The highest BCUT2D eigenvalue weighted by atomic mass is 14.8. The average molecular weight is 226 g/mol. The van der Waals surface area contributed by atoms with Gasteiger partial charge in [-0.05, 0) is 35.6 Å². The second kappa shape index (κ2) is 5.48. The lowest BCUT2D eigenvalue weighted by Gasteiger charge is -1.99. The first-order valence-electron chi connectivity index (χ1n) is 6.21. The van der Waals surface area contributed by atoms with Crippen LogP contribution in [-0.2, 0) is 6.42 Å². The van der Waals surface area contributed by atoms with E-state index in [1.54, 1.807) is 6.33 Å². The minimum absolute atomic E-state index is 1.08. The third kappa shape index (κ3) is 2.47. The Bertz CT molecular complexity index is 495. The summed E-state index contributed by atoms with van der Waals surface area (Å²) in [5.74, 6) is 0. The van der Waals surface area contributed by atoms with Gasteiger partial charge in [0.2, 0.25) is 0 Å². The summed E-state index contributed by atoms with van der Waals surface area (Å²) in [6.07, 6.45) is 8.06. The van der Waals surface area contributed by atoms with Gasteiger partial charge in [0.1, 0.15) is 0 Å². The number of fused-ring (bicyclic) bond motifs is 1. The van der Waals surface area contributed by atoms with E-state index < -0.39 is 0 Å². The topological polar surface area (TPSA) is 28.7 Å². The number of aryl methyl sites for hydroxylation is 1. The fourth-order valence-corrected chi connectivity index (χ4v) is 2.14. The van der Waals surface area contributed by atoms with Crippen LogP contribution in [0.3, 0.4) is 0 Å². The van der Waals surface area contributed by atoms with Crippen LogP contribution in [-0.4, -0.2) is 9.97 Å². The van der Waals surface area contributed by atoms with E-state index >= 15 is 0 Å². The number of rotatable bonds is 1. The molecule has 0 fully saturated rings. The first-order chi connectivity index (χ1) is 8.43. The summed E-state index contributed by atoms with van der Waals surface area (Å²) in [5, 5.41) is 0. The Morgan fingerprint density at radius 3 is 2.76 bits per heavy atom. The zero-order valence-corrected chi connectivity index (χ0v) is 10.4. The van der Waals surface area contributed by atoms with Crippen molar-refractivity contribution < 1.29 is 0 Å². The molecule has 0 saturated heterocycles. The van der Waals surface area contributed by atoms with Crippen LogP contribution in [0.15, 0.2) is 36.8 Å². The molecule has 2 nitrogen and oxygen atoms in total. The second-order valence-electron chi connectivity index (χ2n) is 3.83. The van der Waals surface area contributed by atoms with Crippen molar-refractivity contribution in [2.75, 3.05) is 0 Å². The van der Waals surface area contributed by atoms with Crippen LogP contribution < -0.4 is 0 Å². The second-order valence-corrected chi connectivity index (χ2v) is 3.83. The smallest absolute Gasteiger partial charge is 0.0924 e. The number of allylic oxidation sites excluding steroid dienone is 1. The van der Waals surface area contributed by atoms with Crippen molar-refractivity contribution in [1.29, 1.82) is 0 Å². The average Bonchev–Trinajstić information content (AvgIpc) is 3.03. The van der Waals surface area contributed by atoms with E-state index in [4.69, 9.17) is 0 Å². The van der Waals surface area contributed by atoms with Gasteiger partial charge >= 0.3 is 0 Å². The van der Waals surface area contributed by atoms with Crippen LogP contribution in [0.1, 0.15) is 37.1 Å². The van der Waals surface area contributed by atoms with Crippen LogP contribution in [0.25, 0.3) is 11.6 Å². The highest BCUT2D eigenvalue weighted by molar-refractivity contribution is 5.84. The fourth-order valence-electron chi connectivity index (χ4n) is 2.14. The maximum Gasteiger partial charge on any atom is 0.0924 e. The molecule has 88 valence electrons. The highest BCUT2D eigenvalue weighted by Crippen LogP contribution is 2.32. The first kappa shape index (κ1) is 11.6. The van der Waals surface area contributed by atoms with Crippen molar-refractivity contribution in [3.8, 4) is 0 Å². The van der Waals surface area contributed by atoms with Crippen molar-refractivity contribution in [1.82, 2.24) is 9.97 Å². The molecule has 2 heteroatoms. The van der Waals surface area contributed by atoms with Gasteiger partial charge in [-0.1, -0.05) is 38.1 Å². The molecule has 0 saturated carbocycles. The molecule has 0 spiro atoms. The van der Waals surface area contributed by atoms with Crippen molar-refractivity contribution >= 4 is 11.6 Å². The van der Waals surface area contributed by atoms with Gasteiger partial charge in [0.05, 0.1) is 18.2 Å². The summed E-state index contributed by atoms with van der Waals surface area (Å²) in [5.41, 5.74) is 5.35. The van der Waals surface area contributed by atoms with Crippen molar-refractivity contribution in [2.24, 2.45) is 0 Å². The van der Waals surface area contributed by atoms with Crippen molar-refractivity contribution in [2.45, 2.75) is 26.7 Å². The predicted octanol–water partition coefficient (Wildman–Crippen LogP) is 3.92. The third-order valence-corrected chi connectivity index (χ3v) is 2.88. The molecule has 1 aliphatic rings. The van der Waals surface area contributed by atoms with Gasteiger partial charge < -0.3 is 4.98 Å². The molecule has 0 atom stereocenters. The lowest BCUT2D eigenvalue weighted by Crippen LogP contribution is -1.79. The fraction of sp³-hybridized carbons (Fsp3) is 0.267. The zero-order chi connectivity index (χ0) is 12.1. The summed E-state index contributed by atoms with van der Waals surface area (Å²) in [6, 6.07) is 8.62. The molecule has 0 radical (unpaired) electrons. The van der Waals surface area contributed by atoms with Gasteiger partial charge in [-0.3, -0.25) is 0 Å². The third-order valence-electron chi connectivity index (χ3n) is 2.88. The number of hydrogen-bond acceptors (Lipinski definition) is 1. The number of aromatic amines is 1. The van der Waals surface area contributed by atoms with E-state index in [1.807, 2.05) is 20.0 Å². The predicted molar refractivity (Wildman–Crippen MR) is 72.6 cm³/mol. The van der Waals surface area contributed by atoms with E-state index in [9.17, 15) is 0 Å². The quantitative estimate of drug-likeness (QED) is 0.784. The number of H-pyrrole nitrogens is 1. The summed E-state index contributed by atoms with van der Waals surface area (Å²) in [7, 11) is 0. The van der Waals surface area contributed by atoms with E-state index in [0.717, 1.165) is 18.5 Å². The molecular formula is C15H18N2. The monoisotopic (exact) mass is 226 g/mol. The van der Waals surface area contributed by atoms with Gasteiger partial charge in [0.15, 0.2) is 0 Å². The molecule has 1 aromatic carbocycles. The van der Waals surface area contributed by atoms with Gasteiger partial charge in [-0.15, -0.1) is 0 Å². The SMILES string of the molecule is C(=C1CCc2ccccc21)c1cnc[nH]1.CC. The summed E-state index contributed by atoms with van der Waals surface area (Å²) >= 11 is 0. The Balaban J connectivity index is 0.000000514. The van der Waals surface area contributed by atoms with Gasteiger partial charge in [-0.2, -0.15) is 0 Å². The first-order valence-corrected chi connectivity index (χ1v) is 6.21. The van der Waals surface area contributed by atoms with Crippen LogP contribution in [0.5, 0.6) is 0 Å². The van der Waals surface area contributed by atoms with E-state index in [0.29, 0.717) is 0 Å². The molecule has 2 aromatic rings. The Labute approximate surface area is 102 Å². The molecule has 1 heterocycles. The molecule has 0 amide bonds. The van der Waals surface area contributed by atoms with E-state index in [-0.39, 0.29) is 0 Å². The van der Waals surface area contributed by atoms with Gasteiger partial charge in [-0.25, -0.2) is 4.98 Å². The maximum atomic E-state index is 4.02. The summed E-state index contributed by atoms with van der Waals surface area (Å²) in [4.78, 5) is 7.13.